The Kier molecular flexibility index (Phi) is 3.39. The standard InChI is InChI=1S/C10H16F2N2O2/c11-8(12)9(15)14-4-5-16-10(7-14)2-1-3-13-6-10/h8,13H,1-7H2/t10-/m1/s1. The topological polar surface area (TPSA) is 41.6 Å². The molecule has 0 saturated carbocycles. The lowest BCUT2D eigenvalue weighted by atomic mass is 9.92. The van der Waals surface area contributed by atoms with Crippen molar-refractivity contribution in [3.8, 4) is 0 Å². The van der Waals surface area contributed by atoms with Gasteiger partial charge in [-0.15, -0.1) is 0 Å². The predicted octanol–water partition coefficient (Wildman–Crippen LogP) is 0.232. The highest BCUT2D eigenvalue weighted by atomic mass is 19.3. The van der Waals surface area contributed by atoms with Gasteiger partial charge >= 0.3 is 6.43 Å². The number of hydrogen-bond donors (Lipinski definition) is 1. The van der Waals surface area contributed by atoms with Gasteiger partial charge in [-0.05, 0) is 19.4 Å². The molecule has 4 nitrogen and oxygen atoms in total. The number of carbonyl (C=O) groups excluding carboxylic acids is 1. The third-order valence-corrected chi connectivity index (χ3v) is 3.18. The normalized spacial score (nSPS) is 31.1. The largest absolute Gasteiger partial charge is 0.370 e. The van der Waals surface area contributed by atoms with Crippen molar-refractivity contribution >= 4 is 5.91 Å². The highest BCUT2D eigenvalue weighted by Crippen LogP contribution is 2.26. The molecule has 0 aromatic heterocycles. The molecular formula is C10H16F2N2O2. The number of nitrogens with zero attached hydrogens (tertiary/aromatic N) is 1. The molecule has 6 heteroatoms. The Bertz CT molecular complexity index is 262. The number of halogens is 2. The number of rotatable bonds is 1. The minimum Gasteiger partial charge on any atom is -0.370 e. The fraction of sp³-hybridized carbons (Fsp3) is 0.900. The molecule has 0 unspecified atom stereocenters. The van der Waals surface area contributed by atoms with Crippen LogP contribution in [-0.4, -0.2) is 55.6 Å². The zero-order valence-corrected chi connectivity index (χ0v) is 9.05. The Labute approximate surface area is 92.9 Å². The second kappa shape index (κ2) is 4.63. The van der Waals surface area contributed by atoms with Crippen molar-refractivity contribution < 1.29 is 18.3 Å². The van der Waals surface area contributed by atoms with Crippen LogP contribution in [0.25, 0.3) is 0 Å². The van der Waals surface area contributed by atoms with Crippen LogP contribution >= 0.6 is 0 Å². The Balaban J connectivity index is 2.00. The van der Waals surface area contributed by atoms with E-state index in [0.29, 0.717) is 13.2 Å². The van der Waals surface area contributed by atoms with Crippen LogP contribution in [0.5, 0.6) is 0 Å². The highest BCUT2D eigenvalue weighted by Gasteiger charge is 2.40. The zero-order chi connectivity index (χ0) is 11.6. The molecule has 0 radical (unpaired) electrons. The van der Waals surface area contributed by atoms with Gasteiger partial charge in [0.1, 0.15) is 0 Å². The number of morpholine rings is 1. The number of carbonyl (C=O) groups is 1. The molecule has 16 heavy (non-hydrogen) atoms. The van der Waals surface area contributed by atoms with Gasteiger partial charge in [-0.2, -0.15) is 8.78 Å². The smallest absolute Gasteiger partial charge is 0.315 e. The summed E-state index contributed by atoms with van der Waals surface area (Å²) >= 11 is 0. The highest BCUT2D eigenvalue weighted by molar-refractivity contribution is 5.79. The van der Waals surface area contributed by atoms with E-state index in [0.717, 1.165) is 19.4 Å². The fourth-order valence-electron chi connectivity index (χ4n) is 2.37. The Hall–Kier alpha value is -0.750. The van der Waals surface area contributed by atoms with Crippen LogP contribution in [0, 0.1) is 0 Å². The molecule has 2 saturated heterocycles. The minimum atomic E-state index is -2.91. The third-order valence-electron chi connectivity index (χ3n) is 3.18. The van der Waals surface area contributed by atoms with Crippen LogP contribution in [-0.2, 0) is 9.53 Å². The predicted molar refractivity (Wildman–Crippen MR) is 53.4 cm³/mol. The van der Waals surface area contributed by atoms with Gasteiger partial charge in [0.25, 0.3) is 5.91 Å². The van der Waals surface area contributed by atoms with Crippen LogP contribution in [0.2, 0.25) is 0 Å². The first-order chi connectivity index (χ1) is 7.63. The first-order valence-corrected chi connectivity index (χ1v) is 5.55. The van der Waals surface area contributed by atoms with E-state index in [1.54, 1.807) is 0 Å². The van der Waals surface area contributed by atoms with Gasteiger partial charge in [0.15, 0.2) is 0 Å². The summed E-state index contributed by atoms with van der Waals surface area (Å²) in [5, 5.41) is 3.18. The van der Waals surface area contributed by atoms with E-state index in [1.807, 2.05) is 0 Å². The minimum absolute atomic E-state index is 0.269. The van der Waals surface area contributed by atoms with Crippen LogP contribution in [0.3, 0.4) is 0 Å². The molecule has 2 fully saturated rings. The first kappa shape index (κ1) is 11.7. The fourth-order valence-corrected chi connectivity index (χ4v) is 2.37. The van der Waals surface area contributed by atoms with Gasteiger partial charge in [0.2, 0.25) is 0 Å². The van der Waals surface area contributed by atoms with Crippen LogP contribution in [0.15, 0.2) is 0 Å². The summed E-state index contributed by atoms with van der Waals surface area (Å²) < 4.78 is 30.3. The van der Waals surface area contributed by atoms with Gasteiger partial charge in [-0.1, -0.05) is 0 Å². The monoisotopic (exact) mass is 234 g/mol. The van der Waals surface area contributed by atoms with Crippen molar-refractivity contribution in [2.45, 2.75) is 24.9 Å². The van der Waals surface area contributed by atoms with E-state index in [4.69, 9.17) is 4.74 Å². The number of amides is 1. The molecule has 2 rings (SSSR count). The number of piperidine rings is 1. The summed E-state index contributed by atoms with van der Waals surface area (Å²) in [6, 6.07) is 0. The van der Waals surface area contributed by atoms with Gasteiger partial charge in [0.05, 0.1) is 18.8 Å². The Morgan fingerprint density at radius 3 is 2.94 bits per heavy atom. The lowest BCUT2D eigenvalue weighted by molar-refractivity contribution is -0.163. The Morgan fingerprint density at radius 1 is 1.50 bits per heavy atom. The van der Waals surface area contributed by atoms with Crippen molar-refractivity contribution in [2.24, 2.45) is 0 Å². The number of ether oxygens (including phenoxy) is 1. The number of nitrogens with one attached hydrogen (secondary N) is 1. The maximum absolute atomic E-state index is 12.3. The third kappa shape index (κ3) is 2.32. The molecular weight excluding hydrogens is 218 g/mol. The first-order valence-electron chi connectivity index (χ1n) is 5.55. The van der Waals surface area contributed by atoms with Crippen LogP contribution < -0.4 is 5.32 Å². The molecule has 1 atom stereocenters. The zero-order valence-electron chi connectivity index (χ0n) is 9.05. The van der Waals surface area contributed by atoms with Crippen LogP contribution in [0.4, 0.5) is 8.78 Å². The summed E-state index contributed by atoms with van der Waals surface area (Å²) in [6.07, 6.45) is -1.13. The van der Waals surface area contributed by atoms with Gasteiger partial charge < -0.3 is 15.0 Å². The molecule has 0 aromatic carbocycles. The molecule has 1 spiro atoms. The van der Waals surface area contributed by atoms with Crippen molar-refractivity contribution in [1.29, 1.82) is 0 Å². The summed E-state index contributed by atoms with van der Waals surface area (Å²) in [6.45, 7) is 2.46. The molecule has 92 valence electrons. The molecule has 2 aliphatic rings. The van der Waals surface area contributed by atoms with E-state index in [9.17, 15) is 13.6 Å². The van der Waals surface area contributed by atoms with Crippen LogP contribution in [0.1, 0.15) is 12.8 Å². The van der Waals surface area contributed by atoms with E-state index >= 15 is 0 Å². The maximum Gasteiger partial charge on any atom is 0.315 e. The second-order valence-electron chi connectivity index (χ2n) is 4.37. The molecule has 1 N–H and O–H groups in total. The van der Waals surface area contributed by atoms with E-state index in [2.05, 4.69) is 5.32 Å². The number of hydrogen-bond acceptors (Lipinski definition) is 3. The summed E-state index contributed by atoms with van der Waals surface area (Å²) in [5.41, 5.74) is -0.443. The van der Waals surface area contributed by atoms with E-state index < -0.39 is 17.9 Å². The average Bonchev–Trinajstić information content (AvgIpc) is 2.29. The van der Waals surface area contributed by atoms with Crippen molar-refractivity contribution in [3.63, 3.8) is 0 Å². The molecule has 2 heterocycles. The molecule has 0 aromatic rings. The second-order valence-corrected chi connectivity index (χ2v) is 4.37. The Morgan fingerprint density at radius 2 is 2.31 bits per heavy atom. The lowest BCUT2D eigenvalue weighted by Gasteiger charge is -2.44. The average molecular weight is 234 g/mol. The summed E-state index contributed by atoms with van der Waals surface area (Å²) in [4.78, 5) is 12.4. The molecule has 1 amide bonds. The van der Waals surface area contributed by atoms with Crippen molar-refractivity contribution in [1.82, 2.24) is 10.2 Å². The van der Waals surface area contributed by atoms with Gasteiger partial charge in [0, 0.05) is 13.1 Å². The summed E-state index contributed by atoms with van der Waals surface area (Å²) in [5.74, 6) is -1.08. The quantitative estimate of drug-likeness (QED) is 0.706. The molecule has 2 aliphatic heterocycles. The number of alkyl halides is 2. The van der Waals surface area contributed by atoms with E-state index in [1.165, 1.54) is 4.90 Å². The maximum atomic E-state index is 12.3. The van der Waals surface area contributed by atoms with Gasteiger partial charge in [-0.3, -0.25) is 4.79 Å². The van der Waals surface area contributed by atoms with Crippen molar-refractivity contribution in [2.75, 3.05) is 32.8 Å². The van der Waals surface area contributed by atoms with E-state index in [-0.39, 0.29) is 13.1 Å². The lowest BCUT2D eigenvalue weighted by Crippen LogP contribution is -2.60. The molecule has 0 bridgehead atoms. The van der Waals surface area contributed by atoms with Gasteiger partial charge in [-0.25, -0.2) is 0 Å². The SMILES string of the molecule is O=C(C(F)F)N1CCO[C@@]2(CCCNC2)C1. The van der Waals surface area contributed by atoms with Crippen molar-refractivity contribution in [3.05, 3.63) is 0 Å². The molecule has 0 aliphatic carbocycles. The summed E-state index contributed by atoms with van der Waals surface area (Å²) in [7, 11) is 0.